The number of aliphatic hydroxyl groups excluding tert-OH is 1. The van der Waals surface area contributed by atoms with E-state index in [0.717, 1.165) is 11.1 Å². The Kier molecular flexibility index (Phi) is 3.94. The Morgan fingerprint density at radius 3 is 2.07 bits per heavy atom. The molecule has 0 aliphatic carbocycles. The zero-order valence-electron chi connectivity index (χ0n) is 9.28. The van der Waals surface area contributed by atoms with E-state index in [9.17, 15) is 0 Å². The van der Waals surface area contributed by atoms with E-state index in [1.54, 1.807) is 14.2 Å². The van der Waals surface area contributed by atoms with E-state index >= 15 is 0 Å². The van der Waals surface area contributed by atoms with Gasteiger partial charge in [0.05, 0.1) is 26.9 Å². The van der Waals surface area contributed by atoms with E-state index in [1.165, 1.54) is 0 Å². The molecule has 0 heterocycles. The standard InChI is InChI=1S/C11H17NO3/c1-7-10(14-2)4-8(9(12)6-13)5-11(7)15-3/h4-5,9,13H,6,12H2,1-3H3/t9-/m0/s1. The van der Waals surface area contributed by atoms with Crippen molar-refractivity contribution >= 4 is 0 Å². The van der Waals surface area contributed by atoms with Crippen LogP contribution in [0.1, 0.15) is 17.2 Å². The predicted molar refractivity (Wildman–Crippen MR) is 58.3 cm³/mol. The van der Waals surface area contributed by atoms with Gasteiger partial charge in [-0.25, -0.2) is 0 Å². The summed E-state index contributed by atoms with van der Waals surface area (Å²) in [5.41, 5.74) is 7.46. The number of nitrogens with two attached hydrogens (primary N) is 1. The molecule has 0 radical (unpaired) electrons. The molecule has 4 heteroatoms. The number of benzene rings is 1. The van der Waals surface area contributed by atoms with Gasteiger partial charge in [0.25, 0.3) is 0 Å². The molecule has 0 unspecified atom stereocenters. The lowest BCUT2D eigenvalue weighted by molar-refractivity contribution is 0.267. The summed E-state index contributed by atoms with van der Waals surface area (Å²) in [6.45, 7) is 1.81. The van der Waals surface area contributed by atoms with Crippen LogP contribution in [0.3, 0.4) is 0 Å². The summed E-state index contributed by atoms with van der Waals surface area (Å²) in [4.78, 5) is 0. The Balaban J connectivity index is 3.20. The SMILES string of the molecule is COc1cc([C@@H](N)CO)cc(OC)c1C. The average Bonchev–Trinajstić information content (AvgIpc) is 2.28. The molecular formula is C11H17NO3. The number of hydrogen-bond acceptors (Lipinski definition) is 4. The van der Waals surface area contributed by atoms with Crippen LogP contribution in [0.15, 0.2) is 12.1 Å². The van der Waals surface area contributed by atoms with Crippen LogP contribution in [0.5, 0.6) is 11.5 Å². The molecule has 0 amide bonds. The van der Waals surface area contributed by atoms with Crippen LogP contribution >= 0.6 is 0 Å². The molecule has 1 aromatic rings. The molecule has 1 rings (SSSR count). The highest BCUT2D eigenvalue weighted by atomic mass is 16.5. The molecule has 0 spiro atoms. The average molecular weight is 211 g/mol. The quantitative estimate of drug-likeness (QED) is 0.780. The first-order valence-electron chi connectivity index (χ1n) is 4.73. The molecule has 0 saturated carbocycles. The minimum absolute atomic E-state index is 0.102. The first-order valence-corrected chi connectivity index (χ1v) is 4.73. The minimum atomic E-state index is -0.409. The van der Waals surface area contributed by atoms with Crippen LogP contribution in [0.25, 0.3) is 0 Å². The predicted octanol–water partition coefficient (Wildman–Crippen LogP) is 1.00. The Morgan fingerprint density at radius 1 is 1.27 bits per heavy atom. The molecule has 15 heavy (non-hydrogen) atoms. The third kappa shape index (κ3) is 2.40. The Hall–Kier alpha value is -1.26. The van der Waals surface area contributed by atoms with Gasteiger partial charge in [-0.05, 0) is 24.6 Å². The highest BCUT2D eigenvalue weighted by molar-refractivity contribution is 5.48. The summed E-state index contributed by atoms with van der Waals surface area (Å²) in [6, 6.07) is 3.23. The summed E-state index contributed by atoms with van der Waals surface area (Å²) >= 11 is 0. The molecule has 84 valence electrons. The molecule has 0 aliphatic heterocycles. The van der Waals surface area contributed by atoms with E-state index in [-0.39, 0.29) is 6.61 Å². The second-order valence-electron chi connectivity index (χ2n) is 3.34. The molecule has 1 aromatic carbocycles. The lowest BCUT2D eigenvalue weighted by atomic mass is 10.0. The Labute approximate surface area is 89.6 Å². The topological polar surface area (TPSA) is 64.7 Å². The Morgan fingerprint density at radius 2 is 1.73 bits per heavy atom. The number of rotatable bonds is 4. The van der Waals surface area contributed by atoms with E-state index < -0.39 is 6.04 Å². The van der Waals surface area contributed by atoms with Gasteiger partial charge in [-0.15, -0.1) is 0 Å². The minimum Gasteiger partial charge on any atom is -0.496 e. The number of hydrogen-bond donors (Lipinski definition) is 2. The smallest absolute Gasteiger partial charge is 0.125 e. The van der Waals surface area contributed by atoms with E-state index in [1.807, 2.05) is 19.1 Å². The first kappa shape index (κ1) is 11.8. The maximum Gasteiger partial charge on any atom is 0.125 e. The molecule has 0 aromatic heterocycles. The summed E-state index contributed by atoms with van der Waals surface area (Å²) in [5, 5.41) is 8.98. The van der Waals surface area contributed by atoms with Gasteiger partial charge in [0.15, 0.2) is 0 Å². The molecule has 4 nitrogen and oxygen atoms in total. The summed E-state index contributed by atoms with van der Waals surface area (Å²) < 4.78 is 10.4. The van der Waals surface area contributed by atoms with Crippen molar-refractivity contribution in [3.8, 4) is 11.5 Å². The van der Waals surface area contributed by atoms with Crippen LogP contribution in [0.2, 0.25) is 0 Å². The lowest BCUT2D eigenvalue weighted by Gasteiger charge is -2.15. The van der Waals surface area contributed by atoms with Gasteiger partial charge >= 0.3 is 0 Å². The number of aliphatic hydroxyl groups is 1. The van der Waals surface area contributed by atoms with Crippen molar-refractivity contribution in [1.29, 1.82) is 0 Å². The summed E-state index contributed by atoms with van der Waals surface area (Å²) in [7, 11) is 3.19. The third-order valence-corrected chi connectivity index (χ3v) is 2.40. The molecule has 1 atom stereocenters. The number of ether oxygens (including phenoxy) is 2. The van der Waals surface area contributed by atoms with Crippen molar-refractivity contribution in [3.05, 3.63) is 23.3 Å². The van der Waals surface area contributed by atoms with Crippen molar-refractivity contribution in [2.45, 2.75) is 13.0 Å². The molecule has 0 saturated heterocycles. The van der Waals surface area contributed by atoms with Crippen LogP contribution in [0, 0.1) is 6.92 Å². The summed E-state index contributed by atoms with van der Waals surface area (Å²) in [5.74, 6) is 1.43. The summed E-state index contributed by atoms with van der Waals surface area (Å²) in [6.07, 6.45) is 0. The van der Waals surface area contributed by atoms with Crippen molar-refractivity contribution in [2.24, 2.45) is 5.73 Å². The lowest BCUT2D eigenvalue weighted by Crippen LogP contribution is -2.14. The largest absolute Gasteiger partial charge is 0.496 e. The van der Waals surface area contributed by atoms with Crippen molar-refractivity contribution in [3.63, 3.8) is 0 Å². The van der Waals surface area contributed by atoms with Crippen LogP contribution < -0.4 is 15.2 Å². The maximum absolute atomic E-state index is 8.98. The van der Waals surface area contributed by atoms with Crippen molar-refractivity contribution < 1.29 is 14.6 Å². The highest BCUT2D eigenvalue weighted by Gasteiger charge is 2.12. The number of methoxy groups -OCH3 is 2. The fourth-order valence-corrected chi connectivity index (χ4v) is 1.43. The van der Waals surface area contributed by atoms with Crippen molar-refractivity contribution in [1.82, 2.24) is 0 Å². The highest BCUT2D eigenvalue weighted by Crippen LogP contribution is 2.31. The van der Waals surface area contributed by atoms with Crippen LogP contribution in [0.4, 0.5) is 0 Å². The fraction of sp³-hybridized carbons (Fsp3) is 0.455. The van der Waals surface area contributed by atoms with Gasteiger partial charge < -0.3 is 20.3 Å². The van der Waals surface area contributed by atoms with Crippen LogP contribution in [-0.2, 0) is 0 Å². The monoisotopic (exact) mass is 211 g/mol. The van der Waals surface area contributed by atoms with Gasteiger partial charge in [0.1, 0.15) is 11.5 Å². The molecule has 0 aliphatic rings. The van der Waals surface area contributed by atoms with Gasteiger partial charge in [-0.1, -0.05) is 0 Å². The van der Waals surface area contributed by atoms with E-state index in [4.69, 9.17) is 20.3 Å². The second-order valence-corrected chi connectivity index (χ2v) is 3.34. The first-order chi connectivity index (χ1) is 7.13. The maximum atomic E-state index is 8.98. The normalized spacial score (nSPS) is 12.3. The van der Waals surface area contributed by atoms with Crippen molar-refractivity contribution in [2.75, 3.05) is 20.8 Å². The molecule has 0 bridgehead atoms. The third-order valence-electron chi connectivity index (χ3n) is 2.40. The van der Waals surface area contributed by atoms with Crippen LogP contribution in [-0.4, -0.2) is 25.9 Å². The van der Waals surface area contributed by atoms with Gasteiger partial charge in [-0.3, -0.25) is 0 Å². The second kappa shape index (κ2) is 5.00. The fourth-order valence-electron chi connectivity index (χ4n) is 1.43. The zero-order chi connectivity index (χ0) is 11.4. The Bertz CT molecular complexity index is 314. The van der Waals surface area contributed by atoms with E-state index in [2.05, 4.69) is 0 Å². The molecule has 0 fully saturated rings. The van der Waals surface area contributed by atoms with Gasteiger partial charge in [-0.2, -0.15) is 0 Å². The molecular weight excluding hydrogens is 194 g/mol. The van der Waals surface area contributed by atoms with Gasteiger partial charge in [0.2, 0.25) is 0 Å². The zero-order valence-corrected chi connectivity index (χ0v) is 9.28. The molecule has 3 N–H and O–H groups in total. The van der Waals surface area contributed by atoms with E-state index in [0.29, 0.717) is 11.5 Å². The van der Waals surface area contributed by atoms with Gasteiger partial charge in [0, 0.05) is 5.56 Å².